The summed E-state index contributed by atoms with van der Waals surface area (Å²) >= 11 is 0. The molecule has 5 nitrogen and oxygen atoms in total. The molecule has 1 aromatic carbocycles. The van der Waals surface area contributed by atoms with Gasteiger partial charge in [-0.1, -0.05) is 11.8 Å². The van der Waals surface area contributed by atoms with E-state index in [0.717, 1.165) is 10.4 Å². The number of sulfonamides is 1. The van der Waals surface area contributed by atoms with Crippen LogP contribution in [-0.4, -0.2) is 32.9 Å². The first kappa shape index (κ1) is 17.1. The molecule has 0 fully saturated rings. The van der Waals surface area contributed by atoms with Crippen molar-refractivity contribution in [3.63, 3.8) is 0 Å². The van der Waals surface area contributed by atoms with E-state index in [2.05, 4.69) is 11.8 Å². The maximum Gasteiger partial charge on any atom is 0.242 e. The van der Waals surface area contributed by atoms with Crippen molar-refractivity contribution in [1.82, 2.24) is 4.31 Å². The summed E-state index contributed by atoms with van der Waals surface area (Å²) < 4.78 is 39.4. The normalized spacial score (nSPS) is 12.4. The molecule has 0 aliphatic carbocycles. The van der Waals surface area contributed by atoms with Gasteiger partial charge in [0.2, 0.25) is 10.0 Å². The Morgan fingerprint density at radius 3 is 2.67 bits per heavy atom. The fraction of sp³-hybridized carbons (Fsp3) is 0.357. The van der Waals surface area contributed by atoms with E-state index in [1.165, 1.54) is 19.2 Å². The molecular weight excluding hydrogens is 293 g/mol. The summed E-state index contributed by atoms with van der Waals surface area (Å²) in [6.07, 6.45) is 0. The van der Waals surface area contributed by atoms with Crippen LogP contribution in [0.2, 0.25) is 0 Å². The Kier molecular flexibility index (Phi) is 5.86. The number of nitrogens with two attached hydrogens (primary N) is 1. The van der Waals surface area contributed by atoms with Crippen molar-refractivity contribution in [2.45, 2.75) is 11.8 Å². The Labute approximate surface area is 124 Å². The van der Waals surface area contributed by atoms with E-state index in [1.54, 1.807) is 6.92 Å². The van der Waals surface area contributed by atoms with Gasteiger partial charge in [-0.25, -0.2) is 12.8 Å². The Morgan fingerprint density at radius 2 is 2.14 bits per heavy atom. The van der Waals surface area contributed by atoms with Crippen molar-refractivity contribution in [3.05, 3.63) is 29.6 Å². The van der Waals surface area contributed by atoms with Gasteiger partial charge in [-0.15, -0.1) is 0 Å². The van der Waals surface area contributed by atoms with Crippen LogP contribution in [0.3, 0.4) is 0 Å². The fourth-order valence-electron chi connectivity index (χ4n) is 1.61. The summed E-state index contributed by atoms with van der Waals surface area (Å²) in [5, 5.41) is 8.73. The third kappa shape index (κ3) is 4.27. The highest BCUT2D eigenvalue weighted by molar-refractivity contribution is 7.89. The molecule has 0 bridgehead atoms. The quantitative estimate of drug-likeness (QED) is 0.838. The van der Waals surface area contributed by atoms with Crippen molar-refractivity contribution in [2.75, 3.05) is 20.1 Å². The number of benzene rings is 1. The highest BCUT2D eigenvalue weighted by Gasteiger charge is 2.23. The molecular formula is C14H16FN3O2S. The Balaban J connectivity index is 3.10. The first-order valence-corrected chi connectivity index (χ1v) is 7.61. The van der Waals surface area contributed by atoms with Gasteiger partial charge in [0.15, 0.2) is 0 Å². The minimum atomic E-state index is -3.83. The average Bonchev–Trinajstić information content (AvgIpc) is 2.45. The smallest absolute Gasteiger partial charge is 0.242 e. The third-order valence-corrected chi connectivity index (χ3v) is 4.54. The molecule has 0 aromatic heterocycles. The molecule has 21 heavy (non-hydrogen) atoms. The summed E-state index contributed by atoms with van der Waals surface area (Å²) in [6, 6.07) is 5.46. The summed E-state index contributed by atoms with van der Waals surface area (Å²) in [7, 11) is -2.48. The lowest BCUT2D eigenvalue weighted by Crippen LogP contribution is -2.30. The zero-order valence-corrected chi connectivity index (χ0v) is 12.6. The molecule has 0 saturated heterocycles. The largest absolute Gasteiger partial charge is 0.320 e. The molecule has 1 aromatic rings. The Morgan fingerprint density at radius 1 is 1.48 bits per heavy atom. The van der Waals surface area contributed by atoms with Crippen LogP contribution >= 0.6 is 0 Å². The van der Waals surface area contributed by atoms with Crippen molar-refractivity contribution in [1.29, 1.82) is 5.26 Å². The molecule has 1 atom stereocenters. The van der Waals surface area contributed by atoms with Crippen LogP contribution in [0.25, 0.3) is 0 Å². The van der Waals surface area contributed by atoms with Crippen molar-refractivity contribution >= 4 is 10.0 Å². The van der Waals surface area contributed by atoms with Gasteiger partial charge in [0.25, 0.3) is 0 Å². The lowest BCUT2D eigenvalue weighted by Gasteiger charge is -2.18. The number of nitrogens with zero attached hydrogens (tertiary/aromatic N) is 2. The summed E-state index contributed by atoms with van der Waals surface area (Å²) in [4.78, 5) is -0.175. The van der Waals surface area contributed by atoms with Crippen LogP contribution in [-0.2, 0) is 10.0 Å². The van der Waals surface area contributed by atoms with Crippen LogP contribution < -0.4 is 5.73 Å². The molecule has 1 rings (SSSR count). The van der Waals surface area contributed by atoms with Crippen LogP contribution in [0.5, 0.6) is 0 Å². The summed E-state index contributed by atoms with van der Waals surface area (Å²) in [6.45, 7) is 1.74. The maximum absolute atomic E-state index is 13.8. The zero-order valence-electron chi connectivity index (χ0n) is 11.8. The van der Waals surface area contributed by atoms with Crippen LogP contribution in [0.4, 0.5) is 4.39 Å². The molecule has 7 heteroatoms. The van der Waals surface area contributed by atoms with Crippen molar-refractivity contribution in [3.8, 4) is 17.9 Å². The second-order valence-corrected chi connectivity index (χ2v) is 6.51. The van der Waals surface area contributed by atoms with Gasteiger partial charge < -0.3 is 5.73 Å². The molecule has 2 N–H and O–H groups in total. The SMILES string of the molecule is CC(C#N)CN(C)S(=O)(=O)c1ccc(C#CCN)c(F)c1. The molecule has 112 valence electrons. The Bertz CT molecular complexity index is 714. The first-order chi connectivity index (χ1) is 9.82. The van der Waals surface area contributed by atoms with Crippen molar-refractivity contribution in [2.24, 2.45) is 11.7 Å². The number of halogens is 1. The van der Waals surface area contributed by atoms with Gasteiger partial charge in [-0.05, 0) is 25.1 Å². The second-order valence-electron chi connectivity index (χ2n) is 4.46. The molecule has 1 unspecified atom stereocenters. The predicted molar refractivity (Wildman–Crippen MR) is 76.9 cm³/mol. The lowest BCUT2D eigenvalue weighted by molar-refractivity contribution is 0.438. The topological polar surface area (TPSA) is 87.2 Å². The minimum absolute atomic E-state index is 0.0369. The number of hydrogen-bond acceptors (Lipinski definition) is 4. The minimum Gasteiger partial charge on any atom is -0.320 e. The van der Waals surface area contributed by atoms with E-state index in [1.807, 2.05) is 6.07 Å². The standard InChI is InChI=1S/C14H16FN3O2S/c1-11(9-17)10-18(2)21(19,20)13-6-5-12(4-3-7-16)14(15)8-13/h5-6,8,11H,7,10,16H2,1-2H3. The number of nitriles is 1. The Hall–Kier alpha value is -1.93. The van der Waals surface area contributed by atoms with Gasteiger partial charge >= 0.3 is 0 Å². The van der Waals surface area contributed by atoms with Gasteiger partial charge in [0, 0.05) is 13.6 Å². The van der Waals surface area contributed by atoms with E-state index in [0.29, 0.717) is 0 Å². The molecule has 0 heterocycles. The van der Waals surface area contributed by atoms with Crippen LogP contribution in [0.15, 0.2) is 23.1 Å². The average molecular weight is 309 g/mol. The summed E-state index contributed by atoms with van der Waals surface area (Å²) in [5.74, 6) is 3.84. The third-order valence-electron chi connectivity index (χ3n) is 2.73. The maximum atomic E-state index is 13.8. The molecule has 0 saturated carbocycles. The summed E-state index contributed by atoms with van der Waals surface area (Å²) in [5.41, 5.74) is 5.29. The zero-order chi connectivity index (χ0) is 16.0. The molecule has 0 amide bonds. The predicted octanol–water partition coefficient (Wildman–Crippen LogP) is 0.916. The van der Waals surface area contributed by atoms with Crippen molar-refractivity contribution < 1.29 is 12.8 Å². The lowest BCUT2D eigenvalue weighted by atomic mass is 10.2. The molecule has 0 radical (unpaired) electrons. The highest BCUT2D eigenvalue weighted by atomic mass is 32.2. The first-order valence-electron chi connectivity index (χ1n) is 6.17. The van der Waals surface area contributed by atoms with E-state index in [-0.39, 0.29) is 23.5 Å². The van der Waals surface area contributed by atoms with E-state index >= 15 is 0 Å². The van der Waals surface area contributed by atoms with E-state index < -0.39 is 21.8 Å². The van der Waals surface area contributed by atoms with E-state index in [9.17, 15) is 12.8 Å². The second kappa shape index (κ2) is 7.19. The molecule has 0 aliphatic heterocycles. The van der Waals surface area contributed by atoms with Gasteiger partial charge in [-0.2, -0.15) is 9.57 Å². The number of hydrogen-bond donors (Lipinski definition) is 1. The number of rotatable bonds is 4. The van der Waals surface area contributed by atoms with Crippen LogP contribution in [0.1, 0.15) is 12.5 Å². The highest BCUT2D eigenvalue weighted by Crippen LogP contribution is 2.18. The molecule has 0 aliphatic rings. The van der Waals surface area contributed by atoms with Gasteiger partial charge in [0.1, 0.15) is 5.82 Å². The molecule has 0 spiro atoms. The van der Waals surface area contributed by atoms with Gasteiger partial charge in [0.05, 0.1) is 29.0 Å². The fourth-order valence-corrected chi connectivity index (χ4v) is 2.88. The van der Waals surface area contributed by atoms with Gasteiger partial charge in [-0.3, -0.25) is 0 Å². The van der Waals surface area contributed by atoms with E-state index in [4.69, 9.17) is 11.0 Å². The van der Waals surface area contributed by atoms with Crippen LogP contribution in [0, 0.1) is 34.9 Å². The monoisotopic (exact) mass is 309 g/mol.